The molecule has 3 aromatic rings. The smallest absolute Gasteiger partial charge is 0.258 e. The number of pyridine rings is 1. The molecule has 0 spiro atoms. The van der Waals surface area contributed by atoms with Crippen LogP contribution in [0.5, 0.6) is 0 Å². The third-order valence-corrected chi connectivity index (χ3v) is 3.02. The van der Waals surface area contributed by atoms with E-state index in [-0.39, 0.29) is 11.5 Å². The van der Waals surface area contributed by atoms with Crippen LogP contribution in [0.2, 0.25) is 0 Å². The number of para-hydroxylation sites is 1. The van der Waals surface area contributed by atoms with E-state index in [1.54, 1.807) is 6.20 Å². The van der Waals surface area contributed by atoms with Crippen LogP contribution in [0, 0.1) is 11.3 Å². The highest BCUT2D eigenvalue weighted by Gasteiger charge is 2.13. The number of anilines is 1. The van der Waals surface area contributed by atoms with Gasteiger partial charge in [-0.2, -0.15) is 5.26 Å². The van der Waals surface area contributed by atoms with Crippen LogP contribution < -0.4 is 5.32 Å². The fourth-order valence-electron chi connectivity index (χ4n) is 2.04. The van der Waals surface area contributed by atoms with Crippen molar-refractivity contribution >= 4 is 22.5 Å². The summed E-state index contributed by atoms with van der Waals surface area (Å²) >= 11 is 0. The summed E-state index contributed by atoms with van der Waals surface area (Å²) in [5.74, 6) is -0.348. The second-order valence-corrected chi connectivity index (χ2v) is 4.24. The van der Waals surface area contributed by atoms with E-state index in [0.29, 0.717) is 11.3 Å². The normalized spacial score (nSPS) is 10.2. The summed E-state index contributed by atoms with van der Waals surface area (Å²) in [6.07, 6.45) is 4.61. The molecule has 5 nitrogen and oxygen atoms in total. The van der Waals surface area contributed by atoms with Crippen LogP contribution in [-0.4, -0.2) is 15.9 Å². The molecule has 0 saturated carbocycles. The second kappa shape index (κ2) is 4.86. The number of carbonyl (C=O) groups is 1. The van der Waals surface area contributed by atoms with Crippen LogP contribution >= 0.6 is 0 Å². The fraction of sp³-hybridized carbons (Fsp3) is 0. The molecule has 2 N–H and O–H groups in total. The Balaban J connectivity index is 1.95. The molecule has 5 heteroatoms. The van der Waals surface area contributed by atoms with Gasteiger partial charge in [0.25, 0.3) is 5.91 Å². The van der Waals surface area contributed by atoms with Gasteiger partial charge >= 0.3 is 0 Å². The minimum Gasteiger partial charge on any atom is -0.359 e. The van der Waals surface area contributed by atoms with E-state index in [4.69, 9.17) is 5.26 Å². The van der Waals surface area contributed by atoms with Crippen molar-refractivity contribution in [1.29, 1.82) is 5.26 Å². The molecular formula is C15H10N4O. The van der Waals surface area contributed by atoms with Crippen LogP contribution in [0.1, 0.15) is 15.9 Å². The summed E-state index contributed by atoms with van der Waals surface area (Å²) in [6.45, 7) is 0. The van der Waals surface area contributed by atoms with Crippen LogP contribution in [0.3, 0.4) is 0 Å². The van der Waals surface area contributed by atoms with E-state index in [1.165, 1.54) is 18.5 Å². The molecule has 0 fully saturated rings. The Hall–Kier alpha value is -3.13. The number of benzene rings is 1. The van der Waals surface area contributed by atoms with Crippen LogP contribution in [-0.2, 0) is 0 Å². The molecule has 2 aromatic heterocycles. The Morgan fingerprint density at radius 3 is 3.00 bits per heavy atom. The molecule has 0 aliphatic rings. The standard InChI is InChI=1S/C15H10N4O/c16-7-10-5-6-17-8-12(10)15(20)19-14-9-18-13-4-2-1-3-11(13)14/h1-6,8-9,18H,(H,19,20). The molecule has 2 heterocycles. The van der Waals surface area contributed by atoms with Gasteiger partial charge in [0.2, 0.25) is 0 Å². The van der Waals surface area contributed by atoms with Gasteiger partial charge in [-0.3, -0.25) is 9.78 Å². The predicted octanol–water partition coefficient (Wildman–Crippen LogP) is 2.69. The van der Waals surface area contributed by atoms with Gasteiger partial charge in [-0.25, -0.2) is 0 Å². The van der Waals surface area contributed by atoms with Gasteiger partial charge < -0.3 is 10.3 Å². The molecule has 0 bridgehead atoms. The summed E-state index contributed by atoms with van der Waals surface area (Å²) in [6, 6.07) is 11.2. The van der Waals surface area contributed by atoms with E-state index in [2.05, 4.69) is 15.3 Å². The molecule has 20 heavy (non-hydrogen) atoms. The third-order valence-electron chi connectivity index (χ3n) is 3.02. The number of amides is 1. The maximum atomic E-state index is 12.2. The zero-order chi connectivity index (χ0) is 13.9. The highest BCUT2D eigenvalue weighted by molar-refractivity contribution is 6.09. The van der Waals surface area contributed by atoms with Crippen LogP contribution in [0.4, 0.5) is 5.69 Å². The summed E-state index contributed by atoms with van der Waals surface area (Å²) < 4.78 is 0. The summed E-state index contributed by atoms with van der Waals surface area (Å²) in [5, 5.41) is 12.7. The monoisotopic (exact) mass is 262 g/mol. The van der Waals surface area contributed by atoms with Crippen LogP contribution in [0.25, 0.3) is 10.9 Å². The first-order chi connectivity index (χ1) is 9.79. The van der Waals surface area contributed by atoms with Gasteiger partial charge in [0, 0.05) is 29.5 Å². The van der Waals surface area contributed by atoms with Crippen molar-refractivity contribution in [2.24, 2.45) is 0 Å². The lowest BCUT2D eigenvalue weighted by molar-refractivity contribution is 0.102. The van der Waals surface area contributed by atoms with E-state index in [1.807, 2.05) is 30.3 Å². The lowest BCUT2D eigenvalue weighted by atomic mass is 10.1. The molecule has 0 atom stereocenters. The first-order valence-corrected chi connectivity index (χ1v) is 6.01. The Morgan fingerprint density at radius 1 is 1.30 bits per heavy atom. The average Bonchev–Trinajstić information content (AvgIpc) is 2.90. The Labute approximate surface area is 114 Å². The number of carbonyl (C=O) groups excluding carboxylic acids is 1. The van der Waals surface area contributed by atoms with Gasteiger partial charge in [0.15, 0.2) is 0 Å². The number of nitrogens with zero attached hydrogens (tertiary/aromatic N) is 2. The number of nitriles is 1. The number of hydrogen-bond acceptors (Lipinski definition) is 3. The summed E-state index contributed by atoms with van der Waals surface area (Å²) in [7, 11) is 0. The molecule has 1 aromatic carbocycles. The maximum Gasteiger partial charge on any atom is 0.258 e. The minimum absolute atomic E-state index is 0.264. The van der Waals surface area contributed by atoms with Crippen LogP contribution in [0.15, 0.2) is 48.9 Å². The van der Waals surface area contributed by atoms with Crippen molar-refractivity contribution in [2.45, 2.75) is 0 Å². The number of nitrogens with one attached hydrogen (secondary N) is 2. The SMILES string of the molecule is N#Cc1ccncc1C(=O)Nc1c[nH]c2ccccc12. The van der Waals surface area contributed by atoms with E-state index in [9.17, 15) is 4.79 Å². The zero-order valence-electron chi connectivity index (χ0n) is 10.4. The summed E-state index contributed by atoms with van der Waals surface area (Å²) in [5.41, 5.74) is 2.19. The first kappa shape index (κ1) is 11.9. The number of aromatic amines is 1. The van der Waals surface area contributed by atoms with Crippen molar-refractivity contribution in [3.8, 4) is 6.07 Å². The number of fused-ring (bicyclic) bond motifs is 1. The molecular weight excluding hydrogens is 252 g/mol. The lowest BCUT2D eigenvalue weighted by Crippen LogP contribution is -2.13. The molecule has 0 radical (unpaired) electrons. The van der Waals surface area contributed by atoms with E-state index >= 15 is 0 Å². The van der Waals surface area contributed by atoms with Crippen molar-refractivity contribution in [2.75, 3.05) is 5.32 Å². The Bertz CT molecular complexity index is 829. The molecule has 0 unspecified atom stereocenters. The van der Waals surface area contributed by atoms with Crippen molar-refractivity contribution in [3.05, 3.63) is 60.0 Å². The number of H-pyrrole nitrogens is 1. The minimum atomic E-state index is -0.348. The Morgan fingerprint density at radius 2 is 2.15 bits per heavy atom. The van der Waals surface area contributed by atoms with Gasteiger partial charge in [-0.15, -0.1) is 0 Å². The molecule has 96 valence electrons. The summed E-state index contributed by atoms with van der Waals surface area (Å²) in [4.78, 5) is 19.2. The molecule has 0 aliphatic carbocycles. The number of hydrogen-bond donors (Lipinski definition) is 2. The van der Waals surface area contributed by atoms with Gasteiger partial charge in [0.1, 0.15) is 6.07 Å². The molecule has 0 aliphatic heterocycles. The topological polar surface area (TPSA) is 81.6 Å². The van der Waals surface area contributed by atoms with Crippen molar-refractivity contribution < 1.29 is 4.79 Å². The van der Waals surface area contributed by atoms with Gasteiger partial charge in [-0.1, -0.05) is 18.2 Å². The van der Waals surface area contributed by atoms with E-state index < -0.39 is 0 Å². The first-order valence-electron chi connectivity index (χ1n) is 6.01. The Kier molecular flexibility index (Phi) is 2.90. The quantitative estimate of drug-likeness (QED) is 0.745. The average molecular weight is 262 g/mol. The highest BCUT2D eigenvalue weighted by atomic mass is 16.1. The van der Waals surface area contributed by atoms with E-state index in [0.717, 1.165) is 10.9 Å². The lowest BCUT2D eigenvalue weighted by Gasteiger charge is -2.04. The van der Waals surface area contributed by atoms with Gasteiger partial charge in [0.05, 0.1) is 16.8 Å². The van der Waals surface area contributed by atoms with Crippen molar-refractivity contribution in [1.82, 2.24) is 9.97 Å². The van der Waals surface area contributed by atoms with Gasteiger partial charge in [-0.05, 0) is 12.1 Å². The molecule has 0 saturated heterocycles. The predicted molar refractivity (Wildman–Crippen MR) is 75.2 cm³/mol. The zero-order valence-corrected chi connectivity index (χ0v) is 10.4. The number of rotatable bonds is 2. The largest absolute Gasteiger partial charge is 0.359 e. The maximum absolute atomic E-state index is 12.2. The highest BCUT2D eigenvalue weighted by Crippen LogP contribution is 2.23. The number of aromatic nitrogens is 2. The second-order valence-electron chi connectivity index (χ2n) is 4.24. The molecule has 3 rings (SSSR count). The van der Waals surface area contributed by atoms with Crippen molar-refractivity contribution in [3.63, 3.8) is 0 Å². The molecule has 1 amide bonds. The fourth-order valence-corrected chi connectivity index (χ4v) is 2.04. The third kappa shape index (κ3) is 1.99.